The van der Waals surface area contributed by atoms with Crippen molar-refractivity contribution in [1.82, 2.24) is 4.98 Å². The molecule has 1 aliphatic heterocycles. The first-order valence-electron chi connectivity index (χ1n) is 7.08. The highest BCUT2D eigenvalue weighted by molar-refractivity contribution is 5.78. The molecule has 2 aromatic rings. The van der Waals surface area contributed by atoms with Gasteiger partial charge in [-0.2, -0.15) is 0 Å². The molecule has 0 aliphatic carbocycles. The van der Waals surface area contributed by atoms with Gasteiger partial charge in [0.25, 0.3) is 0 Å². The van der Waals surface area contributed by atoms with Crippen molar-refractivity contribution in [3.63, 3.8) is 0 Å². The van der Waals surface area contributed by atoms with Crippen molar-refractivity contribution in [1.29, 1.82) is 0 Å². The monoisotopic (exact) mass is 270 g/mol. The number of quaternary nitrogens is 1. The van der Waals surface area contributed by atoms with E-state index in [4.69, 9.17) is 0 Å². The second-order valence-electron chi connectivity index (χ2n) is 5.55. The molecule has 0 unspecified atom stereocenters. The van der Waals surface area contributed by atoms with Crippen LogP contribution in [0.4, 0.5) is 0 Å². The summed E-state index contributed by atoms with van der Waals surface area (Å²) >= 11 is 0. The summed E-state index contributed by atoms with van der Waals surface area (Å²) in [6, 6.07) is 9.40. The zero-order valence-corrected chi connectivity index (χ0v) is 11.4. The molecule has 20 heavy (non-hydrogen) atoms. The summed E-state index contributed by atoms with van der Waals surface area (Å²) in [4.78, 5) is 15.7. The maximum absolute atomic E-state index is 12.6. The van der Waals surface area contributed by atoms with Crippen LogP contribution in [0.15, 0.2) is 36.5 Å². The fourth-order valence-electron chi connectivity index (χ4n) is 3.00. The van der Waals surface area contributed by atoms with E-state index in [1.54, 1.807) is 6.20 Å². The SMILES string of the molecule is O=C[C@@H](Cc1cnc2ccccc2c1)[N+]1([O-])CCCC1. The Morgan fingerprint density at radius 3 is 2.80 bits per heavy atom. The van der Waals surface area contributed by atoms with Crippen LogP contribution in [0.3, 0.4) is 0 Å². The first-order valence-corrected chi connectivity index (χ1v) is 7.08. The Labute approximate surface area is 118 Å². The molecule has 3 rings (SSSR count). The minimum absolute atomic E-state index is 0.365. The van der Waals surface area contributed by atoms with Crippen molar-refractivity contribution >= 4 is 17.2 Å². The number of fused-ring (bicyclic) bond motifs is 1. The molecule has 1 saturated heterocycles. The number of pyridine rings is 1. The molecule has 0 amide bonds. The average Bonchev–Trinajstić information content (AvgIpc) is 2.92. The molecular weight excluding hydrogens is 252 g/mol. The van der Waals surface area contributed by atoms with E-state index in [0.717, 1.165) is 35.6 Å². The molecule has 4 nitrogen and oxygen atoms in total. The summed E-state index contributed by atoms with van der Waals surface area (Å²) < 4.78 is -0.365. The topological polar surface area (TPSA) is 53.0 Å². The van der Waals surface area contributed by atoms with Gasteiger partial charge in [-0.15, -0.1) is 0 Å². The highest BCUT2D eigenvalue weighted by Crippen LogP contribution is 2.24. The van der Waals surface area contributed by atoms with Gasteiger partial charge in [-0.05, 0) is 17.7 Å². The van der Waals surface area contributed by atoms with E-state index in [0.29, 0.717) is 19.5 Å². The maximum Gasteiger partial charge on any atom is 0.177 e. The van der Waals surface area contributed by atoms with Crippen molar-refractivity contribution < 1.29 is 9.44 Å². The second-order valence-corrected chi connectivity index (χ2v) is 5.55. The molecule has 1 aliphatic rings. The molecule has 0 spiro atoms. The number of para-hydroxylation sites is 1. The standard InChI is InChI=1S/C16H18N2O2/c19-12-15(18(20)7-3-4-8-18)10-13-9-14-5-1-2-6-16(14)17-11-13/h1-2,5-6,9,11-12,15H,3-4,7-8,10H2/t15-/m1/s1. The molecule has 0 radical (unpaired) electrons. The summed E-state index contributed by atoms with van der Waals surface area (Å²) in [6.07, 6.45) is 4.92. The van der Waals surface area contributed by atoms with E-state index in [9.17, 15) is 10.0 Å². The summed E-state index contributed by atoms with van der Waals surface area (Å²) in [5.41, 5.74) is 1.90. The zero-order chi connectivity index (χ0) is 14.0. The summed E-state index contributed by atoms with van der Waals surface area (Å²) in [5.74, 6) is 0. The van der Waals surface area contributed by atoms with Gasteiger partial charge < -0.3 is 9.85 Å². The number of hydrogen-bond donors (Lipinski definition) is 0. The number of benzene rings is 1. The van der Waals surface area contributed by atoms with Gasteiger partial charge in [-0.1, -0.05) is 18.2 Å². The lowest BCUT2D eigenvalue weighted by Gasteiger charge is -2.43. The number of rotatable bonds is 4. The van der Waals surface area contributed by atoms with Crippen LogP contribution in [0, 0.1) is 5.21 Å². The smallest absolute Gasteiger partial charge is 0.177 e. The van der Waals surface area contributed by atoms with Crippen LogP contribution in [0.5, 0.6) is 0 Å². The van der Waals surface area contributed by atoms with Gasteiger partial charge in [0.05, 0.1) is 18.6 Å². The first-order chi connectivity index (χ1) is 9.71. The maximum atomic E-state index is 12.6. The fraction of sp³-hybridized carbons (Fsp3) is 0.375. The van der Waals surface area contributed by atoms with Gasteiger partial charge in [0, 0.05) is 30.8 Å². The molecule has 1 aromatic carbocycles. The molecule has 0 saturated carbocycles. The summed E-state index contributed by atoms with van der Waals surface area (Å²) in [5, 5.41) is 13.6. The number of aromatic nitrogens is 1. The van der Waals surface area contributed by atoms with E-state index < -0.39 is 6.04 Å². The first kappa shape index (κ1) is 13.2. The van der Waals surface area contributed by atoms with Crippen LogP contribution < -0.4 is 0 Å². The molecule has 0 bridgehead atoms. The van der Waals surface area contributed by atoms with Crippen molar-refractivity contribution in [3.8, 4) is 0 Å². The predicted molar refractivity (Wildman–Crippen MR) is 77.9 cm³/mol. The number of carbonyl (C=O) groups is 1. The molecule has 2 heterocycles. The Balaban J connectivity index is 1.85. The Morgan fingerprint density at radius 1 is 1.30 bits per heavy atom. The molecule has 4 heteroatoms. The molecule has 1 aromatic heterocycles. The van der Waals surface area contributed by atoms with Crippen molar-refractivity contribution in [2.24, 2.45) is 0 Å². The Kier molecular flexibility index (Phi) is 3.51. The van der Waals surface area contributed by atoms with Gasteiger partial charge in [0.1, 0.15) is 6.04 Å². The minimum Gasteiger partial charge on any atom is -0.632 e. The van der Waals surface area contributed by atoms with Crippen molar-refractivity contribution in [2.75, 3.05) is 13.1 Å². The van der Waals surface area contributed by atoms with Crippen LogP contribution >= 0.6 is 0 Å². The molecular formula is C16H18N2O2. The van der Waals surface area contributed by atoms with E-state index in [2.05, 4.69) is 4.98 Å². The second kappa shape index (κ2) is 5.31. The molecule has 0 N–H and O–H groups in total. The van der Waals surface area contributed by atoms with Crippen LogP contribution in [0.25, 0.3) is 10.9 Å². The zero-order valence-electron chi connectivity index (χ0n) is 11.4. The molecule has 1 atom stereocenters. The van der Waals surface area contributed by atoms with Gasteiger partial charge >= 0.3 is 0 Å². The van der Waals surface area contributed by atoms with Gasteiger partial charge in [0.2, 0.25) is 0 Å². The van der Waals surface area contributed by atoms with Gasteiger partial charge in [-0.3, -0.25) is 9.78 Å². The van der Waals surface area contributed by atoms with Crippen molar-refractivity contribution in [3.05, 3.63) is 47.3 Å². The third-order valence-corrected chi connectivity index (χ3v) is 4.18. The quantitative estimate of drug-likeness (QED) is 0.487. The van der Waals surface area contributed by atoms with E-state index in [1.165, 1.54) is 0 Å². The number of nitrogens with zero attached hydrogens (tertiary/aromatic N) is 2. The lowest BCUT2D eigenvalue weighted by atomic mass is 10.1. The summed E-state index contributed by atoms with van der Waals surface area (Å²) in [7, 11) is 0. The predicted octanol–water partition coefficient (Wildman–Crippen LogP) is 2.45. The highest BCUT2D eigenvalue weighted by Gasteiger charge is 2.32. The average molecular weight is 270 g/mol. The third kappa shape index (κ3) is 2.44. The molecule has 104 valence electrons. The molecule has 1 fully saturated rings. The van der Waals surface area contributed by atoms with E-state index in [1.807, 2.05) is 30.3 Å². The Morgan fingerprint density at radius 2 is 2.05 bits per heavy atom. The van der Waals surface area contributed by atoms with Gasteiger partial charge in [-0.25, -0.2) is 0 Å². The van der Waals surface area contributed by atoms with Gasteiger partial charge in [0.15, 0.2) is 6.29 Å². The number of carbonyl (C=O) groups excluding carboxylic acids is 1. The number of hydroxylamine groups is 3. The lowest BCUT2D eigenvalue weighted by molar-refractivity contribution is -0.883. The van der Waals surface area contributed by atoms with Crippen LogP contribution in [-0.4, -0.2) is 35.0 Å². The lowest BCUT2D eigenvalue weighted by Crippen LogP contribution is -2.50. The van der Waals surface area contributed by atoms with Crippen LogP contribution in [0.1, 0.15) is 18.4 Å². The Bertz CT molecular complexity index is 621. The number of hydrogen-bond acceptors (Lipinski definition) is 3. The largest absolute Gasteiger partial charge is 0.632 e. The minimum atomic E-state index is -0.500. The number of likely N-dealkylation sites (tertiary alicyclic amines) is 1. The summed E-state index contributed by atoms with van der Waals surface area (Å²) in [6.45, 7) is 1.12. The van der Waals surface area contributed by atoms with E-state index in [-0.39, 0.29) is 4.65 Å². The van der Waals surface area contributed by atoms with E-state index >= 15 is 0 Å². The fourth-order valence-corrected chi connectivity index (χ4v) is 3.00. The highest BCUT2D eigenvalue weighted by atomic mass is 16.5. The normalized spacial score (nSPS) is 19.1. The van der Waals surface area contributed by atoms with Crippen LogP contribution in [0.2, 0.25) is 0 Å². The Hall–Kier alpha value is -1.78. The third-order valence-electron chi connectivity index (χ3n) is 4.18. The van der Waals surface area contributed by atoms with Crippen LogP contribution in [-0.2, 0) is 11.2 Å². The number of aldehydes is 1. The van der Waals surface area contributed by atoms with Crippen molar-refractivity contribution in [2.45, 2.75) is 25.3 Å².